The molecule has 0 saturated carbocycles. The Morgan fingerprint density at radius 3 is 2.84 bits per heavy atom. The number of ether oxygens (including phenoxy) is 1. The summed E-state index contributed by atoms with van der Waals surface area (Å²) in [6.45, 7) is 7.97. The average molecular weight is 267 g/mol. The monoisotopic (exact) mass is 267 g/mol. The van der Waals surface area contributed by atoms with Crippen LogP contribution in [0.2, 0.25) is 0 Å². The van der Waals surface area contributed by atoms with Crippen molar-refractivity contribution in [3.05, 3.63) is 17.3 Å². The minimum atomic E-state index is -0.142. The van der Waals surface area contributed by atoms with Crippen molar-refractivity contribution in [3.63, 3.8) is 0 Å². The van der Waals surface area contributed by atoms with Crippen molar-refractivity contribution in [1.29, 1.82) is 0 Å². The third-order valence-corrected chi connectivity index (χ3v) is 3.37. The van der Waals surface area contributed by atoms with Crippen LogP contribution in [-0.4, -0.2) is 36.7 Å². The maximum absolute atomic E-state index is 12.1. The number of aromatic nitrogens is 1. The summed E-state index contributed by atoms with van der Waals surface area (Å²) in [6, 6.07) is 0.0954. The topological polar surface area (TPSA) is 76.4 Å². The number of carbonyl (C=O) groups excluding carboxylic acids is 1. The van der Waals surface area contributed by atoms with Crippen LogP contribution >= 0.6 is 0 Å². The smallest absolute Gasteiger partial charge is 0.227 e. The fourth-order valence-corrected chi connectivity index (χ4v) is 2.18. The second-order valence-corrected chi connectivity index (χ2v) is 4.78. The summed E-state index contributed by atoms with van der Waals surface area (Å²) in [4.78, 5) is 16.3. The third kappa shape index (κ3) is 3.33. The van der Waals surface area contributed by atoms with Gasteiger partial charge in [-0.2, -0.15) is 0 Å². The lowest BCUT2D eigenvalue weighted by molar-refractivity contribution is -0.125. The maximum atomic E-state index is 12.1. The Labute approximate surface area is 112 Å². The summed E-state index contributed by atoms with van der Waals surface area (Å²) < 4.78 is 10.8. The van der Waals surface area contributed by atoms with E-state index in [2.05, 4.69) is 15.6 Å². The van der Waals surface area contributed by atoms with E-state index in [1.165, 1.54) is 0 Å². The first-order chi connectivity index (χ1) is 9.11. The standard InChI is InChI=1S/C13H21N3O3/c1-4-14-11-7-18-6-10(11)13(17)15-5-12-16-8(2)9(3)19-12/h10-11,14H,4-7H2,1-3H3,(H,15,17). The van der Waals surface area contributed by atoms with Crippen molar-refractivity contribution in [3.8, 4) is 0 Å². The Kier molecular flexibility index (Phi) is 4.55. The first kappa shape index (κ1) is 14.0. The number of amides is 1. The van der Waals surface area contributed by atoms with Gasteiger partial charge < -0.3 is 19.8 Å². The fraction of sp³-hybridized carbons (Fsp3) is 0.692. The Balaban J connectivity index is 1.87. The van der Waals surface area contributed by atoms with Crippen molar-refractivity contribution in [2.45, 2.75) is 33.4 Å². The highest BCUT2D eigenvalue weighted by molar-refractivity contribution is 5.79. The Bertz CT molecular complexity index is 425. The van der Waals surface area contributed by atoms with Crippen molar-refractivity contribution >= 4 is 5.91 Å². The molecule has 1 aliphatic heterocycles. The Morgan fingerprint density at radius 2 is 2.21 bits per heavy atom. The molecule has 0 bridgehead atoms. The highest BCUT2D eigenvalue weighted by Crippen LogP contribution is 2.14. The largest absolute Gasteiger partial charge is 0.444 e. The normalized spacial score (nSPS) is 22.7. The van der Waals surface area contributed by atoms with Gasteiger partial charge in [-0.25, -0.2) is 4.98 Å². The molecule has 19 heavy (non-hydrogen) atoms. The SMILES string of the molecule is CCNC1COCC1C(=O)NCc1nc(C)c(C)o1. The molecular weight excluding hydrogens is 246 g/mol. The first-order valence-corrected chi connectivity index (χ1v) is 6.63. The van der Waals surface area contributed by atoms with Crippen molar-refractivity contribution in [2.75, 3.05) is 19.8 Å². The predicted octanol–water partition coefficient (Wildman–Crippen LogP) is 0.532. The van der Waals surface area contributed by atoms with Gasteiger partial charge in [0, 0.05) is 6.04 Å². The minimum Gasteiger partial charge on any atom is -0.444 e. The van der Waals surface area contributed by atoms with E-state index in [0.717, 1.165) is 18.0 Å². The highest BCUT2D eigenvalue weighted by Gasteiger charge is 2.33. The summed E-state index contributed by atoms with van der Waals surface area (Å²) in [5.41, 5.74) is 0.860. The van der Waals surface area contributed by atoms with Crippen LogP contribution in [-0.2, 0) is 16.1 Å². The van der Waals surface area contributed by atoms with Gasteiger partial charge >= 0.3 is 0 Å². The molecule has 2 heterocycles. The van der Waals surface area contributed by atoms with Crippen molar-refractivity contribution in [2.24, 2.45) is 5.92 Å². The van der Waals surface area contributed by atoms with Gasteiger partial charge in [-0.3, -0.25) is 4.79 Å². The van der Waals surface area contributed by atoms with Gasteiger partial charge in [0.25, 0.3) is 0 Å². The van der Waals surface area contributed by atoms with Crippen LogP contribution in [0.15, 0.2) is 4.42 Å². The number of oxazole rings is 1. The number of aryl methyl sites for hydroxylation is 2. The molecule has 0 radical (unpaired) electrons. The zero-order valence-corrected chi connectivity index (χ0v) is 11.7. The van der Waals surface area contributed by atoms with Gasteiger partial charge in [0.15, 0.2) is 0 Å². The van der Waals surface area contributed by atoms with Gasteiger partial charge in [-0.15, -0.1) is 0 Å². The summed E-state index contributed by atoms with van der Waals surface area (Å²) in [5, 5.41) is 6.12. The van der Waals surface area contributed by atoms with E-state index in [9.17, 15) is 4.79 Å². The highest BCUT2D eigenvalue weighted by atomic mass is 16.5. The number of rotatable bonds is 5. The van der Waals surface area contributed by atoms with Gasteiger partial charge in [0.1, 0.15) is 5.76 Å². The zero-order valence-electron chi connectivity index (χ0n) is 11.7. The second-order valence-electron chi connectivity index (χ2n) is 4.78. The van der Waals surface area contributed by atoms with Crippen LogP contribution in [0.25, 0.3) is 0 Å². The third-order valence-electron chi connectivity index (χ3n) is 3.37. The average Bonchev–Trinajstić information content (AvgIpc) is 2.95. The number of hydrogen-bond acceptors (Lipinski definition) is 5. The molecule has 1 aliphatic rings. The van der Waals surface area contributed by atoms with E-state index in [0.29, 0.717) is 25.6 Å². The molecule has 1 aromatic rings. The predicted molar refractivity (Wildman–Crippen MR) is 69.6 cm³/mol. The summed E-state index contributed by atoms with van der Waals surface area (Å²) in [6.07, 6.45) is 0. The zero-order chi connectivity index (χ0) is 13.8. The molecule has 0 aliphatic carbocycles. The van der Waals surface area contributed by atoms with Gasteiger partial charge in [-0.1, -0.05) is 6.92 Å². The molecule has 106 valence electrons. The minimum absolute atomic E-state index is 0.0167. The molecule has 0 spiro atoms. The van der Waals surface area contributed by atoms with Crippen LogP contribution in [0.3, 0.4) is 0 Å². The van der Waals surface area contributed by atoms with E-state index in [1.807, 2.05) is 20.8 Å². The van der Waals surface area contributed by atoms with Gasteiger partial charge in [0.05, 0.1) is 31.4 Å². The molecule has 2 unspecified atom stereocenters. The number of carbonyl (C=O) groups is 1. The van der Waals surface area contributed by atoms with Crippen molar-refractivity contribution < 1.29 is 13.9 Å². The number of nitrogens with one attached hydrogen (secondary N) is 2. The molecule has 1 amide bonds. The lowest BCUT2D eigenvalue weighted by Crippen LogP contribution is -2.43. The summed E-state index contributed by atoms with van der Waals surface area (Å²) >= 11 is 0. The molecule has 6 nitrogen and oxygen atoms in total. The summed E-state index contributed by atoms with van der Waals surface area (Å²) in [5.74, 6) is 1.18. The maximum Gasteiger partial charge on any atom is 0.227 e. The Hall–Kier alpha value is -1.40. The van der Waals surface area contributed by atoms with E-state index in [1.54, 1.807) is 0 Å². The second kappa shape index (κ2) is 6.16. The Morgan fingerprint density at radius 1 is 1.42 bits per heavy atom. The molecule has 6 heteroatoms. The molecule has 1 fully saturated rings. The van der Waals surface area contributed by atoms with Crippen LogP contribution in [0, 0.1) is 19.8 Å². The molecule has 2 N–H and O–H groups in total. The lowest BCUT2D eigenvalue weighted by Gasteiger charge is -2.17. The first-order valence-electron chi connectivity index (χ1n) is 6.63. The van der Waals surface area contributed by atoms with E-state index in [4.69, 9.17) is 9.15 Å². The summed E-state index contributed by atoms with van der Waals surface area (Å²) in [7, 11) is 0. The molecule has 1 saturated heterocycles. The van der Waals surface area contributed by atoms with E-state index >= 15 is 0 Å². The van der Waals surface area contributed by atoms with Crippen LogP contribution < -0.4 is 10.6 Å². The van der Waals surface area contributed by atoms with Crippen LogP contribution in [0.5, 0.6) is 0 Å². The molecule has 1 aromatic heterocycles. The van der Waals surface area contributed by atoms with Crippen LogP contribution in [0.1, 0.15) is 24.3 Å². The van der Waals surface area contributed by atoms with Crippen molar-refractivity contribution in [1.82, 2.24) is 15.6 Å². The number of nitrogens with zero attached hydrogens (tertiary/aromatic N) is 1. The molecule has 2 rings (SSSR count). The molecule has 2 atom stereocenters. The van der Waals surface area contributed by atoms with Crippen LogP contribution in [0.4, 0.5) is 0 Å². The number of hydrogen-bond donors (Lipinski definition) is 2. The van der Waals surface area contributed by atoms with E-state index < -0.39 is 0 Å². The molecule has 0 aromatic carbocycles. The number of likely N-dealkylation sites (N-methyl/N-ethyl adjacent to an activating group) is 1. The molecular formula is C13H21N3O3. The fourth-order valence-electron chi connectivity index (χ4n) is 2.18. The van der Waals surface area contributed by atoms with Gasteiger partial charge in [0.2, 0.25) is 11.8 Å². The quantitative estimate of drug-likeness (QED) is 0.814. The van der Waals surface area contributed by atoms with Gasteiger partial charge in [-0.05, 0) is 20.4 Å². The lowest BCUT2D eigenvalue weighted by atomic mass is 10.0. The van der Waals surface area contributed by atoms with E-state index in [-0.39, 0.29) is 17.9 Å².